The maximum absolute atomic E-state index is 11.9. The summed E-state index contributed by atoms with van der Waals surface area (Å²) in [4.78, 5) is 16.2. The Hall–Kier alpha value is -0.940. The van der Waals surface area contributed by atoms with Crippen molar-refractivity contribution < 1.29 is 4.79 Å². The summed E-state index contributed by atoms with van der Waals surface area (Å²) < 4.78 is 0. The van der Waals surface area contributed by atoms with Crippen LogP contribution < -0.4 is 10.6 Å². The monoisotopic (exact) mass is 239 g/mol. The van der Waals surface area contributed by atoms with Crippen LogP contribution in [-0.2, 0) is 4.79 Å². The lowest BCUT2D eigenvalue weighted by atomic mass is 10.1. The Morgan fingerprint density at radius 3 is 3.25 bits per heavy atom. The van der Waals surface area contributed by atoms with Crippen molar-refractivity contribution in [1.82, 2.24) is 15.6 Å². The molecule has 0 bridgehead atoms. The molecule has 2 heterocycles. The summed E-state index contributed by atoms with van der Waals surface area (Å²) in [7, 11) is 0. The van der Waals surface area contributed by atoms with E-state index in [1.54, 1.807) is 17.5 Å². The Morgan fingerprint density at radius 2 is 2.69 bits per heavy atom. The largest absolute Gasteiger partial charge is 0.347 e. The zero-order chi connectivity index (χ0) is 11.4. The molecule has 0 spiro atoms. The van der Waals surface area contributed by atoms with Gasteiger partial charge in [0.1, 0.15) is 5.01 Å². The highest BCUT2D eigenvalue weighted by Gasteiger charge is 2.25. The lowest BCUT2D eigenvalue weighted by Gasteiger charge is -2.17. The first-order valence-electron chi connectivity index (χ1n) is 5.71. The minimum absolute atomic E-state index is 0.0769. The van der Waals surface area contributed by atoms with Crippen LogP contribution in [0.15, 0.2) is 11.6 Å². The van der Waals surface area contributed by atoms with Crippen LogP contribution >= 0.6 is 11.3 Å². The van der Waals surface area contributed by atoms with Gasteiger partial charge in [-0.05, 0) is 19.4 Å². The number of hydrogen-bond acceptors (Lipinski definition) is 4. The van der Waals surface area contributed by atoms with Crippen molar-refractivity contribution in [3.05, 3.63) is 16.6 Å². The van der Waals surface area contributed by atoms with Gasteiger partial charge in [0.25, 0.3) is 0 Å². The van der Waals surface area contributed by atoms with Crippen molar-refractivity contribution in [2.75, 3.05) is 13.1 Å². The third-order valence-electron chi connectivity index (χ3n) is 2.91. The number of rotatable bonds is 4. The number of carbonyl (C=O) groups is 1. The molecule has 0 saturated carbocycles. The number of nitrogens with zero attached hydrogens (tertiary/aromatic N) is 1. The zero-order valence-corrected chi connectivity index (χ0v) is 10.2. The topological polar surface area (TPSA) is 54.0 Å². The molecule has 2 rings (SSSR count). The summed E-state index contributed by atoms with van der Waals surface area (Å²) in [6.45, 7) is 3.82. The Kier molecular flexibility index (Phi) is 3.90. The fourth-order valence-corrected chi connectivity index (χ4v) is 2.69. The number of nitrogens with one attached hydrogen (secondary N) is 2. The molecule has 1 aliphatic rings. The molecule has 88 valence electrons. The van der Waals surface area contributed by atoms with Gasteiger partial charge >= 0.3 is 0 Å². The van der Waals surface area contributed by atoms with Gasteiger partial charge < -0.3 is 10.6 Å². The molecule has 0 aromatic carbocycles. The van der Waals surface area contributed by atoms with E-state index in [4.69, 9.17) is 0 Å². The first-order chi connectivity index (χ1) is 7.81. The number of carbonyl (C=O) groups excluding carboxylic acids is 1. The average Bonchev–Trinajstić information content (AvgIpc) is 2.96. The minimum atomic E-state index is 0.0769. The molecule has 2 unspecified atom stereocenters. The van der Waals surface area contributed by atoms with Gasteiger partial charge in [-0.3, -0.25) is 4.79 Å². The molecule has 0 aliphatic carbocycles. The van der Waals surface area contributed by atoms with Crippen molar-refractivity contribution in [2.45, 2.75) is 25.8 Å². The number of hydrogen-bond donors (Lipinski definition) is 2. The molecular formula is C11H17N3OS. The number of thiazole rings is 1. The van der Waals surface area contributed by atoms with Crippen molar-refractivity contribution >= 4 is 17.2 Å². The molecule has 16 heavy (non-hydrogen) atoms. The molecule has 0 radical (unpaired) electrons. The van der Waals surface area contributed by atoms with E-state index in [-0.39, 0.29) is 17.9 Å². The van der Waals surface area contributed by atoms with E-state index < -0.39 is 0 Å². The fraction of sp³-hybridized carbons (Fsp3) is 0.636. The molecule has 2 N–H and O–H groups in total. The molecule has 5 heteroatoms. The SMILES string of the molecule is CCC(NC(=O)C1CCNC1)c1nccs1. The van der Waals surface area contributed by atoms with Crippen molar-refractivity contribution in [3.63, 3.8) is 0 Å². The van der Waals surface area contributed by atoms with Crippen LogP contribution in [0.5, 0.6) is 0 Å². The molecule has 1 saturated heterocycles. The van der Waals surface area contributed by atoms with Crippen LogP contribution in [0.25, 0.3) is 0 Å². The van der Waals surface area contributed by atoms with Crippen LogP contribution in [0.4, 0.5) is 0 Å². The summed E-state index contributed by atoms with van der Waals surface area (Å²) in [6, 6.07) is 0.0769. The number of aromatic nitrogens is 1. The summed E-state index contributed by atoms with van der Waals surface area (Å²) >= 11 is 1.60. The summed E-state index contributed by atoms with van der Waals surface area (Å²) in [5, 5.41) is 9.23. The molecule has 1 amide bonds. The van der Waals surface area contributed by atoms with Crippen LogP contribution in [0.3, 0.4) is 0 Å². The Balaban J connectivity index is 1.93. The normalized spacial score (nSPS) is 21.9. The van der Waals surface area contributed by atoms with Crippen LogP contribution in [0.2, 0.25) is 0 Å². The average molecular weight is 239 g/mol. The van der Waals surface area contributed by atoms with Gasteiger partial charge in [0.15, 0.2) is 0 Å². The maximum Gasteiger partial charge on any atom is 0.225 e. The maximum atomic E-state index is 11.9. The van der Waals surface area contributed by atoms with Crippen molar-refractivity contribution in [2.24, 2.45) is 5.92 Å². The fourth-order valence-electron chi connectivity index (χ4n) is 1.91. The van der Waals surface area contributed by atoms with E-state index in [0.717, 1.165) is 30.9 Å². The van der Waals surface area contributed by atoms with Gasteiger partial charge in [-0.2, -0.15) is 0 Å². The smallest absolute Gasteiger partial charge is 0.225 e. The highest BCUT2D eigenvalue weighted by Crippen LogP contribution is 2.20. The minimum Gasteiger partial charge on any atom is -0.347 e. The first kappa shape index (κ1) is 11.5. The predicted molar refractivity (Wildman–Crippen MR) is 64.3 cm³/mol. The second-order valence-corrected chi connectivity index (χ2v) is 4.96. The Bertz CT molecular complexity index is 333. The lowest BCUT2D eigenvalue weighted by Crippen LogP contribution is -2.34. The van der Waals surface area contributed by atoms with Crippen molar-refractivity contribution in [1.29, 1.82) is 0 Å². The van der Waals surface area contributed by atoms with Crippen molar-refractivity contribution in [3.8, 4) is 0 Å². The van der Waals surface area contributed by atoms with E-state index in [1.807, 2.05) is 5.38 Å². The molecule has 1 aromatic rings. The van der Waals surface area contributed by atoms with E-state index in [2.05, 4.69) is 22.5 Å². The van der Waals surface area contributed by atoms with Crippen LogP contribution in [-0.4, -0.2) is 24.0 Å². The first-order valence-corrected chi connectivity index (χ1v) is 6.59. The Morgan fingerprint density at radius 1 is 1.81 bits per heavy atom. The van der Waals surface area contributed by atoms with Gasteiger partial charge in [0.05, 0.1) is 12.0 Å². The molecule has 4 nitrogen and oxygen atoms in total. The quantitative estimate of drug-likeness (QED) is 0.833. The van der Waals surface area contributed by atoms with Gasteiger partial charge in [0.2, 0.25) is 5.91 Å². The summed E-state index contributed by atoms with van der Waals surface area (Å²) in [6.07, 6.45) is 3.62. The molecule has 1 aromatic heterocycles. The standard InChI is InChI=1S/C11H17N3OS/c1-2-9(11-13-5-6-16-11)14-10(15)8-3-4-12-7-8/h5-6,8-9,12H,2-4,7H2,1H3,(H,14,15). The number of amides is 1. The van der Waals surface area contributed by atoms with Crippen LogP contribution in [0, 0.1) is 5.92 Å². The molecule has 1 aliphatic heterocycles. The lowest BCUT2D eigenvalue weighted by molar-refractivity contribution is -0.125. The predicted octanol–water partition coefficient (Wildman–Crippen LogP) is 1.32. The zero-order valence-electron chi connectivity index (χ0n) is 9.40. The molecular weight excluding hydrogens is 222 g/mol. The highest BCUT2D eigenvalue weighted by atomic mass is 32.1. The molecule has 2 atom stereocenters. The van der Waals surface area contributed by atoms with Gasteiger partial charge in [-0.1, -0.05) is 6.92 Å². The second kappa shape index (κ2) is 5.41. The van der Waals surface area contributed by atoms with E-state index in [0.29, 0.717) is 0 Å². The van der Waals surface area contributed by atoms with Crippen LogP contribution in [0.1, 0.15) is 30.8 Å². The van der Waals surface area contributed by atoms with E-state index in [9.17, 15) is 4.79 Å². The summed E-state index contributed by atoms with van der Waals surface area (Å²) in [5.74, 6) is 0.293. The van der Waals surface area contributed by atoms with Gasteiger partial charge in [0, 0.05) is 18.1 Å². The third kappa shape index (κ3) is 2.59. The van der Waals surface area contributed by atoms with Gasteiger partial charge in [-0.25, -0.2) is 4.98 Å². The summed E-state index contributed by atoms with van der Waals surface area (Å²) in [5.41, 5.74) is 0. The Labute approximate surface area is 99.5 Å². The van der Waals surface area contributed by atoms with E-state index >= 15 is 0 Å². The molecule has 1 fully saturated rings. The van der Waals surface area contributed by atoms with Gasteiger partial charge in [-0.15, -0.1) is 11.3 Å². The van der Waals surface area contributed by atoms with E-state index in [1.165, 1.54) is 0 Å². The third-order valence-corrected chi connectivity index (χ3v) is 3.79. The second-order valence-electron chi connectivity index (χ2n) is 4.03. The highest BCUT2D eigenvalue weighted by molar-refractivity contribution is 7.09.